The van der Waals surface area contributed by atoms with Crippen LogP contribution in [-0.4, -0.2) is 12.5 Å². The Balaban J connectivity index is 1.96. The number of amides is 1. The smallest absolute Gasteiger partial charge is 0.262 e. The summed E-state index contributed by atoms with van der Waals surface area (Å²) in [6.45, 7) is 2.00. The fourth-order valence-corrected chi connectivity index (χ4v) is 3.44. The van der Waals surface area contributed by atoms with Crippen molar-refractivity contribution in [2.24, 2.45) is 5.73 Å². The van der Waals surface area contributed by atoms with Gasteiger partial charge >= 0.3 is 0 Å². The molecule has 3 N–H and O–H groups in total. The van der Waals surface area contributed by atoms with Crippen molar-refractivity contribution >= 4 is 34.5 Å². The van der Waals surface area contributed by atoms with Gasteiger partial charge in [-0.25, -0.2) is 0 Å². The van der Waals surface area contributed by atoms with Gasteiger partial charge in [-0.15, -0.1) is 11.3 Å². The van der Waals surface area contributed by atoms with E-state index < -0.39 is 0 Å². The Bertz CT molecular complexity index is 684. The SMILES string of the molecule is Cc1csc(C(N)c2ccc3c(c2)NC(=O)CO3)c1Cl. The first-order valence-electron chi connectivity index (χ1n) is 6.12. The first-order valence-corrected chi connectivity index (χ1v) is 7.37. The molecule has 0 spiro atoms. The molecule has 2 heterocycles. The third kappa shape index (κ3) is 2.28. The zero-order valence-electron chi connectivity index (χ0n) is 10.8. The molecule has 0 saturated heterocycles. The van der Waals surface area contributed by atoms with E-state index >= 15 is 0 Å². The highest BCUT2D eigenvalue weighted by Gasteiger charge is 2.20. The number of nitrogens with one attached hydrogen (secondary N) is 1. The van der Waals surface area contributed by atoms with Gasteiger partial charge in [0.05, 0.1) is 16.8 Å². The first-order chi connectivity index (χ1) is 9.56. The minimum absolute atomic E-state index is 0.0499. The molecule has 1 aromatic carbocycles. The maximum atomic E-state index is 11.3. The van der Waals surface area contributed by atoms with E-state index in [9.17, 15) is 4.79 Å². The fraction of sp³-hybridized carbons (Fsp3) is 0.214. The van der Waals surface area contributed by atoms with Crippen molar-refractivity contribution in [2.75, 3.05) is 11.9 Å². The molecule has 0 fully saturated rings. The summed E-state index contributed by atoms with van der Waals surface area (Å²) in [6, 6.07) is 5.23. The molecular formula is C14H13ClN2O2S. The molecule has 6 heteroatoms. The lowest BCUT2D eigenvalue weighted by Gasteiger charge is -2.20. The lowest BCUT2D eigenvalue weighted by molar-refractivity contribution is -0.118. The molecule has 1 aliphatic heterocycles. The maximum Gasteiger partial charge on any atom is 0.262 e. The second kappa shape index (κ2) is 5.09. The molecule has 4 nitrogen and oxygen atoms in total. The summed E-state index contributed by atoms with van der Waals surface area (Å²) in [6.07, 6.45) is 0. The number of aryl methyl sites for hydroxylation is 1. The van der Waals surface area contributed by atoms with E-state index in [4.69, 9.17) is 22.1 Å². The van der Waals surface area contributed by atoms with Gasteiger partial charge in [-0.05, 0) is 35.6 Å². The summed E-state index contributed by atoms with van der Waals surface area (Å²) in [4.78, 5) is 12.3. The second-order valence-corrected chi connectivity index (χ2v) is 5.96. The van der Waals surface area contributed by atoms with Gasteiger partial charge in [0.2, 0.25) is 0 Å². The summed E-state index contributed by atoms with van der Waals surface area (Å²) in [5.41, 5.74) is 8.83. The number of thiophene rings is 1. The van der Waals surface area contributed by atoms with Crippen molar-refractivity contribution in [3.8, 4) is 5.75 Å². The number of nitrogens with two attached hydrogens (primary N) is 1. The minimum Gasteiger partial charge on any atom is -0.482 e. The van der Waals surface area contributed by atoms with Crippen molar-refractivity contribution < 1.29 is 9.53 Å². The first kappa shape index (κ1) is 13.4. The highest BCUT2D eigenvalue weighted by atomic mass is 35.5. The van der Waals surface area contributed by atoms with Gasteiger partial charge in [0.1, 0.15) is 5.75 Å². The van der Waals surface area contributed by atoms with Gasteiger partial charge in [-0.2, -0.15) is 0 Å². The van der Waals surface area contributed by atoms with Crippen LogP contribution in [0.3, 0.4) is 0 Å². The van der Waals surface area contributed by atoms with Gasteiger partial charge in [-0.1, -0.05) is 17.7 Å². The quantitative estimate of drug-likeness (QED) is 0.896. The van der Waals surface area contributed by atoms with Crippen molar-refractivity contribution in [2.45, 2.75) is 13.0 Å². The van der Waals surface area contributed by atoms with Crippen LogP contribution in [0.4, 0.5) is 5.69 Å². The summed E-state index contributed by atoms with van der Waals surface area (Å²) in [7, 11) is 0. The predicted molar refractivity (Wildman–Crippen MR) is 80.7 cm³/mol. The van der Waals surface area contributed by atoms with Crippen LogP contribution in [0.25, 0.3) is 0 Å². The number of hydrogen-bond donors (Lipinski definition) is 2. The van der Waals surface area contributed by atoms with Gasteiger partial charge in [0, 0.05) is 4.88 Å². The number of rotatable bonds is 2. The number of hydrogen-bond acceptors (Lipinski definition) is 4. The zero-order chi connectivity index (χ0) is 14.3. The molecule has 1 unspecified atom stereocenters. The minimum atomic E-state index is -0.315. The van der Waals surface area contributed by atoms with Gasteiger partial charge in [0.15, 0.2) is 6.61 Å². The number of halogens is 1. The van der Waals surface area contributed by atoms with Gasteiger partial charge in [0.25, 0.3) is 5.91 Å². The Morgan fingerprint density at radius 3 is 3.00 bits per heavy atom. The number of carbonyl (C=O) groups is 1. The molecule has 0 radical (unpaired) electrons. The average Bonchev–Trinajstić information content (AvgIpc) is 2.77. The van der Waals surface area contributed by atoms with E-state index in [1.807, 2.05) is 30.5 Å². The fourth-order valence-electron chi connectivity index (χ4n) is 2.11. The molecule has 0 bridgehead atoms. The summed E-state index contributed by atoms with van der Waals surface area (Å²) < 4.78 is 5.33. The Morgan fingerprint density at radius 1 is 1.50 bits per heavy atom. The molecule has 2 aromatic rings. The van der Waals surface area contributed by atoms with Crippen LogP contribution in [0, 0.1) is 6.92 Å². The number of anilines is 1. The van der Waals surface area contributed by atoms with Crippen LogP contribution in [0.2, 0.25) is 5.02 Å². The van der Waals surface area contributed by atoms with E-state index in [0.717, 1.165) is 16.0 Å². The molecule has 1 atom stereocenters. The monoisotopic (exact) mass is 308 g/mol. The highest BCUT2D eigenvalue weighted by Crippen LogP contribution is 2.37. The third-order valence-corrected chi connectivity index (χ3v) is 5.00. The Morgan fingerprint density at radius 2 is 2.30 bits per heavy atom. The van der Waals surface area contributed by atoms with E-state index in [1.165, 1.54) is 0 Å². The molecular weight excluding hydrogens is 296 g/mol. The Hall–Kier alpha value is -1.56. The maximum absolute atomic E-state index is 11.3. The summed E-state index contributed by atoms with van der Waals surface area (Å²) in [5, 5.41) is 5.47. The van der Waals surface area contributed by atoms with Gasteiger partial charge in [-0.3, -0.25) is 4.79 Å². The molecule has 104 valence electrons. The van der Waals surface area contributed by atoms with E-state index in [2.05, 4.69) is 5.32 Å². The topological polar surface area (TPSA) is 64.3 Å². The van der Waals surface area contributed by atoms with Crippen molar-refractivity contribution in [3.05, 3.63) is 44.6 Å². The lowest BCUT2D eigenvalue weighted by atomic mass is 10.0. The molecule has 1 aromatic heterocycles. The van der Waals surface area contributed by atoms with Crippen LogP contribution in [0.5, 0.6) is 5.75 Å². The summed E-state index contributed by atoms with van der Waals surface area (Å²) in [5.74, 6) is 0.502. The van der Waals surface area contributed by atoms with Crippen LogP contribution in [0.1, 0.15) is 22.0 Å². The van der Waals surface area contributed by atoms with Crippen molar-refractivity contribution in [1.29, 1.82) is 0 Å². The van der Waals surface area contributed by atoms with Crippen LogP contribution in [-0.2, 0) is 4.79 Å². The van der Waals surface area contributed by atoms with E-state index in [-0.39, 0.29) is 18.6 Å². The van der Waals surface area contributed by atoms with Crippen LogP contribution < -0.4 is 15.8 Å². The number of fused-ring (bicyclic) bond motifs is 1. The molecule has 20 heavy (non-hydrogen) atoms. The lowest BCUT2D eigenvalue weighted by Crippen LogP contribution is -2.25. The zero-order valence-corrected chi connectivity index (χ0v) is 12.3. The standard InChI is InChI=1S/C14H13ClN2O2S/c1-7-6-20-14(12(7)15)13(16)8-2-3-10-9(4-8)17-11(18)5-19-10/h2-4,6,13H,5,16H2,1H3,(H,17,18). The number of ether oxygens (including phenoxy) is 1. The molecule has 1 aliphatic rings. The largest absolute Gasteiger partial charge is 0.482 e. The second-order valence-electron chi connectivity index (χ2n) is 4.67. The number of carbonyl (C=O) groups excluding carboxylic acids is 1. The molecule has 1 amide bonds. The summed E-state index contributed by atoms with van der Waals surface area (Å²) >= 11 is 7.80. The van der Waals surface area contributed by atoms with Crippen LogP contribution in [0.15, 0.2) is 23.6 Å². The molecule has 3 rings (SSSR count). The molecule has 0 saturated carbocycles. The predicted octanol–water partition coefficient (Wildman–Crippen LogP) is 3.09. The molecule has 0 aliphatic carbocycles. The van der Waals surface area contributed by atoms with Crippen molar-refractivity contribution in [1.82, 2.24) is 0 Å². The van der Waals surface area contributed by atoms with E-state index in [0.29, 0.717) is 16.5 Å². The Kier molecular flexibility index (Phi) is 3.41. The average molecular weight is 309 g/mol. The number of benzene rings is 1. The highest BCUT2D eigenvalue weighted by molar-refractivity contribution is 7.10. The normalized spacial score (nSPS) is 15.2. The third-order valence-electron chi connectivity index (χ3n) is 3.20. The van der Waals surface area contributed by atoms with E-state index in [1.54, 1.807) is 11.3 Å². The van der Waals surface area contributed by atoms with Gasteiger partial charge < -0.3 is 15.8 Å². The van der Waals surface area contributed by atoms with Crippen LogP contribution >= 0.6 is 22.9 Å². The Labute approximate surface area is 125 Å². The van der Waals surface area contributed by atoms with Crippen molar-refractivity contribution in [3.63, 3.8) is 0 Å².